The summed E-state index contributed by atoms with van der Waals surface area (Å²) in [6, 6.07) is 16.3. The zero-order chi connectivity index (χ0) is 24.8. The van der Waals surface area contributed by atoms with Gasteiger partial charge in [-0.3, -0.25) is 4.79 Å². The summed E-state index contributed by atoms with van der Waals surface area (Å²) in [4.78, 5) is 50.3. The maximum Gasteiger partial charge on any atom is 0.354 e. The molecule has 2 N–H and O–H groups in total. The average molecular weight is 476 g/mol. The Hall–Kier alpha value is -4.47. The van der Waals surface area contributed by atoms with Crippen molar-refractivity contribution in [3.63, 3.8) is 0 Å². The summed E-state index contributed by atoms with van der Waals surface area (Å²) in [5.74, 6) is -1.63. The van der Waals surface area contributed by atoms with E-state index in [1.807, 2.05) is 12.1 Å². The number of hydrazone groups is 1. The van der Waals surface area contributed by atoms with Crippen LogP contribution < -0.4 is 15.6 Å². The van der Waals surface area contributed by atoms with E-state index in [1.165, 1.54) is 5.01 Å². The van der Waals surface area contributed by atoms with Crippen LogP contribution in [-0.4, -0.2) is 42.8 Å². The number of benzene rings is 2. The second-order valence-electron chi connectivity index (χ2n) is 7.72. The third-order valence-corrected chi connectivity index (χ3v) is 5.40. The molecule has 1 unspecified atom stereocenters. The van der Waals surface area contributed by atoms with Gasteiger partial charge in [-0.15, -0.1) is 0 Å². The van der Waals surface area contributed by atoms with Crippen molar-refractivity contribution in [1.82, 2.24) is 10.6 Å². The maximum absolute atomic E-state index is 12.8. The molecule has 0 spiro atoms. The number of hydrogen-bond donors (Lipinski definition) is 2. The number of carbonyl (C=O) groups is 4. The van der Waals surface area contributed by atoms with Crippen molar-refractivity contribution in [2.75, 3.05) is 18.2 Å². The summed E-state index contributed by atoms with van der Waals surface area (Å²) >= 11 is 0. The van der Waals surface area contributed by atoms with Gasteiger partial charge in [-0.05, 0) is 24.6 Å². The number of ether oxygens (including phenoxy) is 2. The van der Waals surface area contributed by atoms with Gasteiger partial charge >= 0.3 is 18.0 Å². The molecule has 4 rings (SSSR count). The molecule has 0 bridgehead atoms. The van der Waals surface area contributed by atoms with Gasteiger partial charge in [0.25, 0.3) is 0 Å². The minimum absolute atomic E-state index is 0.0617. The minimum atomic E-state index is -0.782. The molecule has 2 aliphatic heterocycles. The van der Waals surface area contributed by atoms with Crippen LogP contribution in [0.15, 0.2) is 77.0 Å². The number of nitrogens with one attached hydrogen (secondary N) is 2. The number of esters is 2. The van der Waals surface area contributed by atoms with Gasteiger partial charge < -0.3 is 20.1 Å². The summed E-state index contributed by atoms with van der Waals surface area (Å²) in [6.07, 6.45) is 0.210. The number of nitrogens with zero attached hydrogens (tertiary/aromatic N) is 2. The molecule has 0 saturated carbocycles. The Bertz CT molecular complexity index is 1190. The Balaban J connectivity index is 1.58. The highest BCUT2D eigenvalue weighted by Gasteiger charge is 2.34. The SMILES string of the molecule is CCOC(=O)C1=C(COC(=O)C2=NN(c3ccccc3)C(=O)CC2)NC(=O)NC1c1ccccc1. The van der Waals surface area contributed by atoms with Crippen LogP contribution in [0.4, 0.5) is 10.5 Å². The largest absolute Gasteiger partial charge is 0.463 e. The first-order valence-corrected chi connectivity index (χ1v) is 11.1. The third kappa shape index (κ3) is 5.37. The number of amides is 3. The van der Waals surface area contributed by atoms with E-state index in [1.54, 1.807) is 55.5 Å². The van der Waals surface area contributed by atoms with Gasteiger partial charge in [0.2, 0.25) is 5.91 Å². The average Bonchev–Trinajstić information content (AvgIpc) is 2.88. The topological polar surface area (TPSA) is 126 Å². The molecule has 3 amide bonds. The van der Waals surface area contributed by atoms with Gasteiger partial charge in [0, 0.05) is 12.8 Å². The van der Waals surface area contributed by atoms with Crippen LogP contribution in [0.3, 0.4) is 0 Å². The molecule has 2 aromatic carbocycles. The Morgan fingerprint density at radius 3 is 2.34 bits per heavy atom. The molecule has 1 atom stereocenters. The van der Waals surface area contributed by atoms with Crippen LogP contribution in [0.1, 0.15) is 31.4 Å². The lowest BCUT2D eigenvalue weighted by atomic mass is 9.95. The number of urea groups is 1. The van der Waals surface area contributed by atoms with Gasteiger partial charge in [0.15, 0.2) is 0 Å². The molecule has 10 heteroatoms. The van der Waals surface area contributed by atoms with E-state index in [0.717, 1.165) is 0 Å². The first kappa shape index (κ1) is 23.7. The number of carbonyl (C=O) groups excluding carboxylic acids is 4. The monoisotopic (exact) mass is 476 g/mol. The number of anilines is 1. The lowest BCUT2D eigenvalue weighted by Crippen LogP contribution is -2.47. The molecular formula is C25H24N4O6. The predicted molar refractivity (Wildman–Crippen MR) is 126 cm³/mol. The molecule has 0 aromatic heterocycles. The normalized spacial score (nSPS) is 17.8. The summed E-state index contributed by atoms with van der Waals surface area (Å²) < 4.78 is 10.6. The second-order valence-corrected chi connectivity index (χ2v) is 7.72. The lowest BCUT2D eigenvalue weighted by molar-refractivity contribution is -0.140. The van der Waals surface area contributed by atoms with E-state index in [-0.39, 0.29) is 48.9 Å². The van der Waals surface area contributed by atoms with Crippen LogP contribution in [0.5, 0.6) is 0 Å². The molecule has 10 nitrogen and oxygen atoms in total. The summed E-state index contributed by atoms with van der Waals surface area (Å²) in [6.45, 7) is 1.42. The highest BCUT2D eigenvalue weighted by atomic mass is 16.5. The van der Waals surface area contributed by atoms with E-state index in [0.29, 0.717) is 11.3 Å². The fourth-order valence-electron chi connectivity index (χ4n) is 3.77. The summed E-state index contributed by atoms with van der Waals surface area (Å²) in [5, 5.41) is 10.6. The number of rotatable bonds is 7. The van der Waals surface area contributed by atoms with E-state index in [9.17, 15) is 19.2 Å². The van der Waals surface area contributed by atoms with Crippen molar-refractivity contribution >= 4 is 35.3 Å². The molecule has 180 valence electrons. The van der Waals surface area contributed by atoms with Crippen molar-refractivity contribution in [2.24, 2.45) is 5.10 Å². The first-order valence-electron chi connectivity index (χ1n) is 11.1. The quantitative estimate of drug-likeness (QED) is 0.592. The standard InChI is InChI=1S/C25H24N4O6/c1-2-34-24(32)21-19(26-25(33)27-22(21)16-9-5-3-6-10-16)15-35-23(31)18-13-14-20(30)29(28-18)17-11-7-4-8-12-17/h3-12,22H,2,13-15H2,1H3,(H2,26,27,33). The van der Waals surface area contributed by atoms with Gasteiger partial charge in [0.05, 0.1) is 29.6 Å². The Morgan fingerprint density at radius 2 is 1.66 bits per heavy atom. The van der Waals surface area contributed by atoms with E-state index in [4.69, 9.17) is 9.47 Å². The maximum atomic E-state index is 12.8. The zero-order valence-corrected chi connectivity index (χ0v) is 19.0. The van der Waals surface area contributed by atoms with Crippen LogP contribution in [0.25, 0.3) is 0 Å². The van der Waals surface area contributed by atoms with Crippen LogP contribution >= 0.6 is 0 Å². The molecule has 0 radical (unpaired) electrons. The van der Waals surface area contributed by atoms with Crippen molar-refractivity contribution < 1.29 is 28.7 Å². The number of hydrogen-bond acceptors (Lipinski definition) is 7. The molecule has 0 aliphatic carbocycles. The van der Waals surface area contributed by atoms with Crippen molar-refractivity contribution in [3.8, 4) is 0 Å². The first-order chi connectivity index (χ1) is 17.0. The zero-order valence-electron chi connectivity index (χ0n) is 19.0. The highest BCUT2D eigenvalue weighted by molar-refractivity contribution is 6.38. The number of para-hydroxylation sites is 1. The minimum Gasteiger partial charge on any atom is -0.463 e. The Kier molecular flexibility index (Phi) is 7.20. The van der Waals surface area contributed by atoms with Gasteiger partial charge in [-0.1, -0.05) is 48.5 Å². The van der Waals surface area contributed by atoms with Gasteiger partial charge in [0.1, 0.15) is 12.3 Å². The fraction of sp³-hybridized carbons (Fsp3) is 0.240. The molecule has 35 heavy (non-hydrogen) atoms. The molecule has 0 fully saturated rings. The van der Waals surface area contributed by atoms with Crippen molar-refractivity contribution in [1.29, 1.82) is 0 Å². The second kappa shape index (κ2) is 10.6. The predicted octanol–water partition coefficient (Wildman–Crippen LogP) is 2.58. The Labute approximate surface area is 201 Å². The highest BCUT2D eigenvalue weighted by Crippen LogP contribution is 2.28. The molecule has 2 aliphatic rings. The lowest BCUT2D eigenvalue weighted by Gasteiger charge is -2.29. The van der Waals surface area contributed by atoms with E-state index < -0.39 is 24.0 Å². The smallest absolute Gasteiger partial charge is 0.354 e. The molecule has 2 aromatic rings. The molecule has 0 saturated heterocycles. The van der Waals surface area contributed by atoms with Gasteiger partial charge in [-0.2, -0.15) is 5.10 Å². The summed E-state index contributed by atoms with van der Waals surface area (Å²) in [5.41, 5.74) is 1.51. The van der Waals surface area contributed by atoms with Crippen molar-refractivity contribution in [3.05, 3.63) is 77.5 Å². The van der Waals surface area contributed by atoms with Crippen LogP contribution in [0, 0.1) is 0 Å². The summed E-state index contributed by atoms with van der Waals surface area (Å²) in [7, 11) is 0. The fourth-order valence-corrected chi connectivity index (χ4v) is 3.77. The molecular weight excluding hydrogens is 452 g/mol. The van der Waals surface area contributed by atoms with Gasteiger partial charge in [-0.25, -0.2) is 19.4 Å². The van der Waals surface area contributed by atoms with Crippen LogP contribution in [0.2, 0.25) is 0 Å². The Morgan fingerprint density at radius 1 is 0.971 bits per heavy atom. The van der Waals surface area contributed by atoms with Crippen LogP contribution in [-0.2, 0) is 23.9 Å². The third-order valence-electron chi connectivity index (χ3n) is 5.40. The van der Waals surface area contributed by atoms with E-state index in [2.05, 4.69) is 15.7 Å². The van der Waals surface area contributed by atoms with Crippen molar-refractivity contribution in [2.45, 2.75) is 25.8 Å². The van der Waals surface area contributed by atoms with E-state index >= 15 is 0 Å². The molecule has 2 heterocycles.